The molecular formula is C13H23NO3. The van der Waals surface area contributed by atoms with Gasteiger partial charge in [0.2, 0.25) is 5.91 Å². The van der Waals surface area contributed by atoms with E-state index >= 15 is 0 Å². The lowest BCUT2D eigenvalue weighted by Crippen LogP contribution is -2.44. The third-order valence-corrected chi connectivity index (χ3v) is 3.49. The van der Waals surface area contributed by atoms with Crippen molar-refractivity contribution < 1.29 is 14.7 Å². The molecule has 0 bridgehead atoms. The Balaban J connectivity index is 2.60. The molecule has 1 fully saturated rings. The number of carboxylic acids is 1. The molecule has 98 valence electrons. The molecule has 0 heterocycles. The standard InChI is InChI=1S/C13H23NO3/c1-8-5-10(7-13(3,4)6-8)11(15)14-9(2)12(16)17/h8-10H,5-7H2,1-4H3,(H,14,15)(H,16,17)/t8?,9-,10?/m0/s1. The molecule has 1 aliphatic rings. The summed E-state index contributed by atoms with van der Waals surface area (Å²) in [5, 5.41) is 11.3. The third-order valence-electron chi connectivity index (χ3n) is 3.49. The molecule has 2 N–H and O–H groups in total. The van der Waals surface area contributed by atoms with Gasteiger partial charge in [-0.25, -0.2) is 0 Å². The lowest BCUT2D eigenvalue weighted by Gasteiger charge is -2.38. The molecule has 3 atom stereocenters. The van der Waals surface area contributed by atoms with E-state index in [0.29, 0.717) is 5.92 Å². The van der Waals surface area contributed by atoms with Crippen LogP contribution in [0, 0.1) is 17.3 Å². The van der Waals surface area contributed by atoms with Crippen LogP contribution in [-0.4, -0.2) is 23.0 Å². The van der Waals surface area contributed by atoms with Gasteiger partial charge in [0.15, 0.2) is 0 Å². The van der Waals surface area contributed by atoms with Crippen LogP contribution in [0.15, 0.2) is 0 Å². The molecule has 2 unspecified atom stereocenters. The molecule has 0 aromatic rings. The number of rotatable bonds is 3. The SMILES string of the molecule is CC1CC(C(=O)N[C@@H](C)C(=O)O)CC(C)(C)C1. The molecule has 0 saturated heterocycles. The summed E-state index contributed by atoms with van der Waals surface area (Å²) in [4.78, 5) is 22.7. The van der Waals surface area contributed by atoms with Gasteiger partial charge in [0, 0.05) is 5.92 Å². The Morgan fingerprint density at radius 1 is 1.35 bits per heavy atom. The predicted octanol–water partition coefficient (Wildman–Crippen LogP) is 2.04. The van der Waals surface area contributed by atoms with E-state index in [9.17, 15) is 9.59 Å². The Labute approximate surface area is 103 Å². The first-order valence-electron chi connectivity index (χ1n) is 6.24. The van der Waals surface area contributed by atoms with Gasteiger partial charge in [0.1, 0.15) is 6.04 Å². The summed E-state index contributed by atoms with van der Waals surface area (Å²) in [6.07, 6.45) is 2.84. The number of nitrogens with one attached hydrogen (secondary N) is 1. The van der Waals surface area contributed by atoms with Crippen LogP contribution in [0.2, 0.25) is 0 Å². The van der Waals surface area contributed by atoms with E-state index in [4.69, 9.17) is 5.11 Å². The van der Waals surface area contributed by atoms with Gasteiger partial charge in [-0.15, -0.1) is 0 Å². The van der Waals surface area contributed by atoms with Crippen LogP contribution < -0.4 is 5.32 Å². The maximum absolute atomic E-state index is 12.0. The Hall–Kier alpha value is -1.06. The molecule has 4 heteroatoms. The fraction of sp³-hybridized carbons (Fsp3) is 0.846. The van der Waals surface area contributed by atoms with Crippen LogP contribution in [0.1, 0.15) is 47.0 Å². The molecule has 0 aromatic heterocycles. The minimum Gasteiger partial charge on any atom is -0.480 e. The second-order valence-electron chi connectivity index (χ2n) is 6.18. The van der Waals surface area contributed by atoms with Crippen LogP contribution in [0.25, 0.3) is 0 Å². The van der Waals surface area contributed by atoms with Crippen LogP contribution in [0.5, 0.6) is 0 Å². The molecule has 1 amide bonds. The summed E-state index contributed by atoms with van der Waals surface area (Å²) >= 11 is 0. The molecule has 0 aromatic carbocycles. The lowest BCUT2D eigenvalue weighted by molar-refractivity contribution is -0.142. The monoisotopic (exact) mass is 241 g/mol. The van der Waals surface area contributed by atoms with E-state index in [1.54, 1.807) is 0 Å². The van der Waals surface area contributed by atoms with Crippen LogP contribution in [0.3, 0.4) is 0 Å². The van der Waals surface area contributed by atoms with Crippen molar-refractivity contribution in [3.05, 3.63) is 0 Å². The predicted molar refractivity (Wildman–Crippen MR) is 65.5 cm³/mol. The van der Waals surface area contributed by atoms with Gasteiger partial charge in [-0.2, -0.15) is 0 Å². The number of hydrogen-bond donors (Lipinski definition) is 2. The number of carbonyl (C=O) groups excluding carboxylic acids is 1. The summed E-state index contributed by atoms with van der Waals surface area (Å²) < 4.78 is 0. The highest BCUT2D eigenvalue weighted by molar-refractivity contribution is 5.84. The van der Waals surface area contributed by atoms with E-state index in [1.807, 2.05) is 0 Å². The summed E-state index contributed by atoms with van der Waals surface area (Å²) in [5.41, 5.74) is 0.173. The average Bonchev–Trinajstić information content (AvgIpc) is 2.13. The fourth-order valence-electron chi connectivity index (χ4n) is 2.94. The van der Waals surface area contributed by atoms with E-state index in [0.717, 1.165) is 19.3 Å². The number of amides is 1. The molecule has 0 aliphatic heterocycles. The molecule has 1 rings (SSSR count). The summed E-state index contributed by atoms with van der Waals surface area (Å²) in [6, 6.07) is -0.803. The van der Waals surface area contributed by atoms with E-state index in [1.165, 1.54) is 6.92 Å². The van der Waals surface area contributed by atoms with Gasteiger partial charge in [-0.05, 0) is 37.5 Å². The van der Waals surface area contributed by atoms with Crippen LogP contribution in [-0.2, 0) is 9.59 Å². The molecule has 1 aliphatic carbocycles. The van der Waals surface area contributed by atoms with Crippen LogP contribution >= 0.6 is 0 Å². The Kier molecular flexibility index (Phi) is 4.17. The second kappa shape index (κ2) is 5.07. The van der Waals surface area contributed by atoms with Crippen molar-refractivity contribution in [2.45, 2.75) is 53.0 Å². The Bertz CT molecular complexity index is 312. The molecule has 1 saturated carbocycles. The van der Waals surface area contributed by atoms with Gasteiger partial charge in [-0.1, -0.05) is 20.8 Å². The van der Waals surface area contributed by atoms with Crippen LogP contribution in [0.4, 0.5) is 0 Å². The summed E-state index contributed by atoms with van der Waals surface area (Å²) in [6.45, 7) is 7.99. The molecular weight excluding hydrogens is 218 g/mol. The number of carbonyl (C=O) groups is 2. The first-order valence-corrected chi connectivity index (χ1v) is 6.24. The fourth-order valence-corrected chi connectivity index (χ4v) is 2.94. The Morgan fingerprint density at radius 2 is 1.94 bits per heavy atom. The average molecular weight is 241 g/mol. The summed E-state index contributed by atoms with van der Waals surface area (Å²) in [5.74, 6) is -0.619. The highest BCUT2D eigenvalue weighted by Crippen LogP contribution is 2.41. The zero-order valence-corrected chi connectivity index (χ0v) is 11.1. The van der Waals surface area contributed by atoms with Crippen molar-refractivity contribution in [3.63, 3.8) is 0 Å². The van der Waals surface area contributed by atoms with Gasteiger partial charge in [0.25, 0.3) is 0 Å². The van der Waals surface area contributed by atoms with Crippen molar-refractivity contribution in [2.24, 2.45) is 17.3 Å². The van der Waals surface area contributed by atoms with Crippen molar-refractivity contribution in [2.75, 3.05) is 0 Å². The minimum atomic E-state index is -0.985. The zero-order chi connectivity index (χ0) is 13.2. The van der Waals surface area contributed by atoms with Crippen molar-refractivity contribution in [1.29, 1.82) is 0 Å². The number of carboxylic acid groups (broad SMARTS) is 1. The minimum absolute atomic E-state index is 0.0458. The van der Waals surface area contributed by atoms with Gasteiger partial charge in [-0.3, -0.25) is 9.59 Å². The third kappa shape index (κ3) is 4.02. The quantitative estimate of drug-likeness (QED) is 0.794. The maximum Gasteiger partial charge on any atom is 0.325 e. The van der Waals surface area contributed by atoms with Crippen molar-refractivity contribution in [3.8, 4) is 0 Å². The van der Waals surface area contributed by atoms with Crippen molar-refractivity contribution in [1.82, 2.24) is 5.32 Å². The number of hydrogen-bond acceptors (Lipinski definition) is 2. The van der Waals surface area contributed by atoms with Crippen molar-refractivity contribution >= 4 is 11.9 Å². The second-order valence-corrected chi connectivity index (χ2v) is 6.18. The zero-order valence-electron chi connectivity index (χ0n) is 11.1. The largest absolute Gasteiger partial charge is 0.480 e. The van der Waals surface area contributed by atoms with Gasteiger partial charge in [0.05, 0.1) is 0 Å². The molecule has 17 heavy (non-hydrogen) atoms. The van der Waals surface area contributed by atoms with E-state index < -0.39 is 12.0 Å². The first-order chi connectivity index (χ1) is 7.71. The van der Waals surface area contributed by atoms with E-state index in [-0.39, 0.29) is 17.2 Å². The number of aliphatic carboxylic acids is 1. The van der Waals surface area contributed by atoms with Gasteiger partial charge < -0.3 is 10.4 Å². The topological polar surface area (TPSA) is 66.4 Å². The first kappa shape index (κ1) is 14.0. The Morgan fingerprint density at radius 3 is 2.41 bits per heavy atom. The normalized spacial score (nSPS) is 29.4. The highest BCUT2D eigenvalue weighted by Gasteiger charge is 2.36. The lowest BCUT2D eigenvalue weighted by atomic mass is 9.68. The van der Waals surface area contributed by atoms with E-state index in [2.05, 4.69) is 26.1 Å². The summed E-state index contributed by atoms with van der Waals surface area (Å²) in [7, 11) is 0. The maximum atomic E-state index is 12.0. The molecule has 0 spiro atoms. The molecule has 4 nitrogen and oxygen atoms in total. The smallest absolute Gasteiger partial charge is 0.325 e. The van der Waals surface area contributed by atoms with Gasteiger partial charge >= 0.3 is 5.97 Å². The highest BCUT2D eigenvalue weighted by atomic mass is 16.4. The molecule has 0 radical (unpaired) electrons.